The third-order valence-electron chi connectivity index (χ3n) is 7.45. The predicted octanol–water partition coefficient (Wildman–Crippen LogP) is 4.88. The molecule has 2 heterocycles. The Hall–Kier alpha value is -5.92. The molecule has 14 heteroatoms. The van der Waals surface area contributed by atoms with Gasteiger partial charge in [0.15, 0.2) is 28.8 Å². The van der Waals surface area contributed by atoms with Gasteiger partial charge in [-0.3, -0.25) is 28.8 Å². The number of fused-ring (bicyclic) bond motifs is 2. The van der Waals surface area contributed by atoms with Gasteiger partial charge in [0.25, 0.3) is 0 Å². The molecule has 3 aromatic carbocycles. The number of ketones is 1. The third kappa shape index (κ3) is 7.64. The Balaban J connectivity index is 1.60. The fourth-order valence-corrected chi connectivity index (χ4v) is 5.67. The van der Waals surface area contributed by atoms with E-state index < -0.39 is 53.8 Å². The van der Waals surface area contributed by atoms with Crippen LogP contribution in [0.3, 0.4) is 0 Å². The highest BCUT2D eigenvalue weighted by Gasteiger charge is 2.41. The van der Waals surface area contributed by atoms with Gasteiger partial charge in [-0.15, -0.1) is 0 Å². The molecule has 0 saturated heterocycles. The summed E-state index contributed by atoms with van der Waals surface area (Å²) in [7, 11) is 1.41. The minimum absolute atomic E-state index is 0.00339. The number of carbonyl (C=O) groups is 6. The van der Waals surface area contributed by atoms with E-state index >= 15 is 0 Å². The van der Waals surface area contributed by atoms with Gasteiger partial charge in [0.05, 0.1) is 19.4 Å². The largest absolute Gasteiger partial charge is 0.493 e. The molecule has 0 fully saturated rings. The van der Waals surface area contributed by atoms with Crippen molar-refractivity contribution in [3.63, 3.8) is 0 Å². The molecule has 2 aliphatic heterocycles. The maximum absolute atomic E-state index is 13.5. The lowest BCUT2D eigenvalue weighted by atomic mass is 9.88. The number of benzene rings is 3. The first kappa shape index (κ1) is 34.4. The normalized spacial score (nSPS) is 17.3. The highest BCUT2D eigenvalue weighted by molar-refractivity contribution is 6.03. The van der Waals surface area contributed by atoms with E-state index in [9.17, 15) is 28.8 Å². The SMILES string of the molecule is COc1cc([C@@H]2Oc3c(OC(C)=O)cc([C@@H]4CC(=O)c5c(OC(C)=O)cc(OC(C)=O)cc5O4)cc3[C@H]2COC(C)=O)ccc1OC(C)=O. The molecule has 0 unspecified atom stereocenters. The predicted molar refractivity (Wildman–Crippen MR) is 166 cm³/mol. The Morgan fingerprint density at radius 2 is 1.33 bits per heavy atom. The minimum Gasteiger partial charge on any atom is -0.493 e. The molecular weight excluding hydrogens is 644 g/mol. The number of esters is 5. The highest BCUT2D eigenvalue weighted by Crippen LogP contribution is 2.53. The lowest BCUT2D eigenvalue weighted by molar-refractivity contribution is -0.142. The van der Waals surface area contributed by atoms with Crippen LogP contribution >= 0.6 is 0 Å². The van der Waals surface area contributed by atoms with Crippen molar-refractivity contribution in [1.82, 2.24) is 0 Å². The van der Waals surface area contributed by atoms with Crippen LogP contribution in [-0.4, -0.2) is 49.3 Å². The molecule has 0 amide bonds. The molecule has 5 rings (SSSR count). The molecule has 0 saturated carbocycles. The van der Waals surface area contributed by atoms with Crippen LogP contribution in [0.2, 0.25) is 0 Å². The molecule has 0 N–H and O–H groups in total. The Labute approximate surface area is 280 Å². The summed E-state index contributed by atoms with van der Waals surface area (Å²) >= 11 is 0. The molecule has 0 aromatic heterocycles. The fourth-order valence-electron chi connectivity index (χ4n) is 5.67. The van der Waals surface area contributed by atoms with Crippen LogP contribution < -0.4 is 33.2 Å². The lowest BCUT2D eigenvalue weighted by Crippen LogP contribution is -2.22. The number of hydrogen-bond donors (Lipinski definition) is 0. The number of Topliss-reactive ketones (excluding diaryl/α,β-unsaturated/α-hetero) is 1. The van der Waals surface area contributed by atoms with E-state index in [0.717, 1.165) is 6.92 Å². The topological polar surface area (TPSA) is 176 Å². The summed E-state index contributed by atoms with van der Waals surface area (Å²) in [6.07, 6.45) is -1.96. The zero-order valence-corrected chi connectivity index (χ0v) is 27.4. The summed E-state index contributed by atoms with van der Waals surface area (Å²) in [6.45, 7) is 5.94. The maximum Gasteiger partial charge on any atom is 0.308 e. The van der Waals surface area contributed by atoms with Crippen molar-refractivity contribution in [2.75, 3.05) is 13.7 Å². The first-order valence-electron chi connectivity index (χ1n) is 15.0. The van der Waals surface area contributed by atoms with Gasteiger partial charge in [0.1, 0.15) is 41.6 Å². The number of ether oxygens (including phenoxy) is 8. The van der Waals surface area contributed by atoms with E-state index in [1.165, 1.54) is 59.1 Å². The van der Waals surface area contributed by atoms with Crippen molar-refractivity contribution in [3.05, 3.63) is 64.7 Å². The van der Waals surface area contributed by atoms with Crippen LogP contribution in [0.1, 0.15) is 86.2 Å². The van der Waals surface area contributed by atoms with Gasteiger partial charge in [-0.05, 0) is 35.4 Å². The Bertz CT molecular complexity index is 1880. The first-order valence-corrected chi connectivity index (χ1v) is 15.0. The van der Waals surface area contributed by atoms with E-state index in [1.54, 1.807) is 18.2 Å². The Morgan fingerprint density at radius 3 is 1.96 bits per heavy atom. The molecule has 14 nitrogen and oxygen atoms in total. The van der Waals surface area contributed by atoms with Crippen molar-refractivity contribution in [1.29, 1.82) is 0 Å². The molecule has 256 valence electrons. The average molecular weight is 677 g/mol. The molecule has 0 radical (unpaired) electrons. The number of carbonyl (C=O) groups excluding carboxylic acids is 6. The second kappa shape index (κ2) is 14.1. The van der Waals surface area contributed by atoms with Crippen molar-refractivity contribution >= 4 is 35.6 Å². The maximum atomic E-state index is 13.5. The van der Waals surface area contributed by atoms with Crippen molar-refractivity contribution in [3.8, 4) is 40.2 Å². The third-order valence-corrected chi connectivity index (χ3v) is 7.45. The van der Waals surface area contributed by atoms with Crippen LogP contribution in [0.4, 0.5) is 0 Å². The van der Waals surface area contributed by atoms with E-state index in [2.05, 4.69) is 0 Å². The number of hydrogen-bond acceptors (Lipinski definition) is 14. The van der Waals surface area contributed by atoms with E-state index in [1.807, 2.05) is 0 Å². The summed E-state index contributed by atoms with van der Waals surface area (Å²) in [5.74, 6) is -3.69. The number of rotatable bonds is 9. The number of methoxy groups -OCH3 is 1. The van der Waals surface area contributed by atoms with Gasteiger partial charge >= 0.3 is 29.8 Å². The van der Waals surface area contributed by atoms with Gasteiger partial charge in [0, 0.05) is 52.3 Å². The minimum atomic E-state index is -0.950. The van der Waals surface area contributed by atoms with Crippen LogP contribution in [0.15, 0.2) is 42.5 Å². The van der Waals surface area contributed by atoms with E-state index in [0.29, 0.717) is 16.7 Å². The zero-order chi connectivity index (χ0) is 35.6. The van der Waals surface area contributed by atoms with Gasteiger partial charge in [-0.2, -0.15) is 0 Å². The van der Waals surface area contributed by atoms with Gasteiger partial charge in [-0.25, -0.2) is 0 Å². The summed E-state index contributed by atoms with van der Waals surface area (Å²) in [5.41, 5.74) is 1.44. The van der Waals surface area contributed by atoms with Crippen LogP contribution in [0.25, 0.3) is 0 Å². The van der Waals surface area contributed by atoms with Crippen molar-refractivity contribution < 1.29 is 66.7 Å². The second-order valence-corrected chi connectivity index (χ2v) is 11.2. The Kier molecular flexibility index (Phi) is 9.87. The average Bonchev–Trinajstić information content (AvgIpc) is 3.37. The second-order valence-electron chi connectivity index (χ2n) is 11.2. The van der Waals surface area contributed by atoms with E-state index in [4.69, 9.17) is 37.9 Å². The molecule has 3 aromatic rings. The Morgan fingerprint density at radius 1 is 0.694 bits per heavy atom. The van der Waals surface area contributed by atoms with Crippen LogP contribution in [-0.2, 0) is 28.7 Å². The molecule has 0 bridgehead atoms. The molecule has 3 atom stereocenters. The summed E-state index contributed by atoms with van der Waals surface area (Å²) in [6, 6.07) is 10.6. The van der Waals surface area contributed by atoms with Crippen LogP contribution in [0, 0.1) is 0 Å². The first-order chi connectivity index (χ1) is 23.2. The lowest BCUT2D eigenvalue weighted by Gasteiger charge is -2.28. The molecular formula is C35H32O14. The van der Waals surface area contributed by atoms with Crippen molar-refractivity contribution in [2.24, 2.45) is 0 Å². The fraction of sp³-hybridized carbons (Fsp3) is 0.314. The quantitative estimate of drug-likeness (QED) is 0.221. The van der Waals surface area contributed by atoms with Crippen LogP contribution in [0.5, 0.6) is 40.2 Å². The van der Waals surface area contributed by atoms with Gasteiger partial charge < -0.3 is 37.9 Å². The molecule has 0 aliphatic carbocycles. The molecule has 0 spiro atoms. The highest BCUT2D eigenvalue weighted by atomic mass is 16.6. The summed E-state index contributed by atoms with van der Waals surface area (Å²) in [5, 5.41) is 0. The van der Waals surface area contributed by atoms with Crippen molar-refractivity contribution in [2.45, 2.75) is 59.2 Å². The summed E-state index contributed by atoms with van der Waals surface area (Å²) < 4.78 is 44.7. The zero-order valence-electron chi connectivity index (χ0n) is 27.4. The van der Waals surface area contributed by atoms with Gasteiger partial charge in [0.2, 0.25) is 0 Å². The smallest absolute Gasteiger partial charge is 0.308 e. The van der Waals surface area contributed by atoms with Gasteiger partial charge in [-0.1, -0.05) is 6.07 Å². The molecule has 49 heavy (non-hydrogen) atoms. The monoisotopic (exact) mass is 676 g/mol. The molecule has 2 aliphatic rings. The van der Waals surface area contributed by atoms with E-state index in [-0.39, 0.29) is 58.8 Å². The standard InChI is InChI=1S/C35H32O14/c1-16(36)43-15-25-24-9-22(28-14-26(41)33-30(46-19(4)39)12-23(44-17(2)37)13-31(33)48-28)11-32(47-20(5)40)35(24)49-34(25)21-7-8-27(45-18(3)38)29(10-21)42-6/h7-13,25,28,34H,14-15H2,1-6H3/t25-,28+,34+/m1/s1. The summed E-state index contributed by atoms with van der Waals surface area (Å²) in [4.78, 5) is 72.9.